The molecule has 18 heavy (non-hydrogen) atoms. The van der Waals surface area contributed by atoms with Crippen molar-refractivity contribution >= 4 is 17.7 Å². The van der Waals surface area contributed by atoms with Crippen LogP contribution in [0.15, 0.2) is 5.16 Å². The molecule has 8 heteroatoms. The first-order valence-corrected chi connectivity index (χ1v) is 6.92. The van der Waals surface area contributed by atoms with Crippen LogP contribution in [0.25, 0.3) is 0 Å². The van der Waals surface area contributed by atoms with E-state index in [9.17, 15) is 4.79 Å². The lowest BCUT2D eigenvalue weighted by atomic mass is 10.2. The Hall–Kier alpha value is -1.15. The van der Waals surface area contributed by atoms with Crippen molar-refractivity contribution in [2.45, 2.75) is 25.5 Å². The van der Waals surface area contributed by atoms with Gasteiger partial charge in [0, 0.05) is 13.1 Å². The second-order valence-corrected chi connectivity index (χ2v) is 5.22. The van der Waals surface area contributed by atoms with Crippen LogP contribution in [0, 0.1) is 5.92 Å². The average Bonchev–Trinajstić information content (AvgIpc) is 2.78. The number of nitrogens with zero attached hydrogens (tertiary/aromatic N) is 4. The molecule has 102 valence electrons. The van der Waals surface area contributed by atoms with Crippen molar-refractivity contribution in [3.05, 3.63) is 0 Å². The third-order valence-corrected chi connectivity index (χ3v) is 3.07. The lowest BCUT2D eigenvalue weighted by Crippen LogP contribution is -2.29. The maximum Gasteiger partial charge on any atom is 0.230 e. The molecule has 2 N–H and O–H groups in total. The quantitative estimate of drug-likeness (QED) is 0.635. The van der Waals surface area contributed by atoms with Gasteiger partial charge in [0.1, 0.15) is 0 Å². The summed E-state index contributed by atoms with van der Waals surface area (Å²) in [4.78, 5) is 11.5. The summed E-state index contributed by atoms with van der Waals surface area (Å²) in [6.07, 6.45) is 0. The van der Waals surface area contributed by atoms with E-state index < -0.39 is 0 Å². The van der Waals surface area contributed by atoms with Gasteiger partial charge in [-0.15, -0.1) is 5.10 Å². The van der Waals surface area contributed by atoms with Crippen LogP contribution in [-0.4, -0.2) is 52.0 Å². The fourth-order valence-corrected chi connectivity index (χ4v) is 1.89. The number of amides is 1. The molecule has 0 unspecified atom stereocenters. The van der Waals surface area contributed by atoms with Crippen LogP contribution in [0.4, 0.5) is 0 Å². The van der Waals surface area contributed by atoms with Crippen LogP contribution >= 0.6 is 11.8 Å². The third kappa shape index (κ3) is 5.46. The highest BCUT2D eigenvalue weighted by molar-refractivity contribution is 7.99. The highest BCUT2D eigenvalue weighted by Crippen LogP contribution is 2.12. The maximum atomic E-state index is 11.5. The molecule has 0 saturated carbocycles. The van der Waals surface area contributed by atoms with Crippen LogP contribution in [0.1, 0.15) is 13.8 Å². The van der Waals surface area contributed by atoms with Crippen LogP contribution in [0.2, 0.25) is 0 Å². The van der Waals surface area contributed by atoms with E-state index in [-0.39, 0.29) is 5.91 Å². The van der Waals surface area contributed by atoms with Crippen molar-refractivity contribution in [2.24, 2.45) is 5.92 Å². The number of aromatic nitrogens is 4. The van der Waals surface area contributed by atoms with Gasteiger partial charge >= 0.3 is 0 Å². The molecular formula is C10H20N6OS. The van der Waals surface area contributed by atoms with Gasteiger partial charge in [-0.1, -0.05) is 25.6 Å². The summed E-state index contributed by atoms with van der Waals surface area (Å²) >= 11 is 1.35. The smallest absolute Gasteiger partial charge is 0.230 e. The van der Waals surface area contributed by atoms with Crippen molar-refractivity contribution in [2.75, 3.05) is 25.9 Å². The van der Waals surface area contributed by atoms with E-state index in [0.29, 0.717) is 29.9 Å². The number of carbonyl (C=O) groups excluding carboxylic acids is 1. The van der Waals surface area contributed by atoms with E-state index in [1.54, 1.807) is 4.68 Å². The van der Waals surface area contributed by atoms with E-state index in [4.69, 9.17) is 0 Å². The Kier molecular flexibility index (Phi) is 6.66. The molecule has 1 aromatic rings. The molecule has 0 aliphatic carbocycles. The van der Waals surface area contributed by atoms with E-state index in [2.05, 4.69) is 40.0 Å². The molecule has 0 spiro atoms. The van der Waals surface area contributed by atoms with E-state index in [1.165, 1.54) is 11.8 Å². The zero-order valence-corrected chi connectivity index (χ0v) is 11.8. The van der Waals surface area contributed by atoms with Crippen LogP contribution in [0.5, 0.6) is 0 Å². The van der Waals surface area contributed by atoms with Gasteiger partial charge in [-0.05, 0) is 23.4 Å². The summed E-state index contributed by atoms with van der Waals surface area (Å²) in [6, 6.07) is 0. The van der Waals surface area contributed by atoms with Crippen molar-refractivity contribution in [1.29, 1.82) is 0 Å². The second kappa shape index (κ2) is 8.04. The maximum absolute atomic E-state index is 11.5. The highest BCUT2D eigenvalue weighted by Gasteiger charge is 2.09. The number of carbonyl (C=O) groups is 1. The number of thioether (sulfide) groups is 1. The minimum absolute atomic E-state index is 0.0110. The van der Waals surface area contributed by atoms with Gasteiger partial charge in [0.15, 0.2) is 0 Å². The fraction of sp³-hybridized carbons (Fsp3) is 0.800. The van der Waals surface area contributed by atoms with Crippen molar-refractivity contribution in [3.8, 4) is 0 Å². The summed E-state index contributed by atoms with van der Waals surface area (Å²) in [6.45, 7) is 6.30. The fourth-order valence-electron chi connectivity index (χ4n) is 1.16. The van der Waals surface area contributed by atoms with Gasteiger partial charge in [0.05, 0.1) is 12.3 Å². The molecule has 1 amide bonds. The molecule has 1 rings (SSSR count). The highest BCUT2D eigenvalue weighted by atomic mass is 32.2. The number of nitrogens with one attached hydrogen (secondary N) is 2. The van der Waals surface area contributed by atoms with Gasteiger partial charge in [-0.3, -0.25) is 4.79 Å². The monoisotopic (exact) mass is 272 g/mol. The number of hydrogen-bond acceptors (Lipinski definition) is 6. The molecule has 0 aliphatic heterocycles. The molecule has 0 bridgehead atoms. The zero-order chi connectivity index (χ0) is 13.4. The molecular weight excluding hydrogens is 252 g/mol. The molecule has 0 atom stereocenters. The standard InChI is InChI=1S/C10H20N6OS/c1-8(2)6-12-9(17)7-18-10-13-14-15-16(10)5-4-11-3/h8,11H,4-7H2,1-3H3,(H,12,17). The summed E-state index contributed by atoms with van der Waals surface area (Å²) in [7, 11) is 1.87. The normalized spacial score (nSPS) is 10.9. The molecule has 0 aromatic carbocycles. The second-order valence-electron chi connectivity index (χ2n) is 4.27. The largest absolute Gasteiger partial charge is 0.355 e. The summed E-state index contributed by atoms with van der Waals surface area (Å²) in [5.74, 6) is 0.809. The van der Waals surface area contributed by atoms with Gasteiger partial charge in [0.25, 0.3) is 0 Å². The Balaban J connectivity index is 2.34. The first kappa shape index (κ1) is 14.9. The minimum atomic E-state index is 0.0110. The summed E-state index contributed by atoms with van der Waals surface area (Å²) < 4.78 is 1.69. The zero-order valence-electron chi connectivity index (χ0n) is 11.0. The summed E-state index contributed by atoms with van der Waals surface area (Å²) in [5, 5.41) is 17.9. The predicted molar refractivity (Wildman–Crippen MR) is 70.3 cm³/mol. The van der Waals surface area contributed by atoms with Gasteiger partial charge < -0.3 is 10.6 Å². The molecule has 1 aromatic heterocycles. The SMILES string of the molecule is CNCCn1nnnc1SCC(=O)NCC(C)C. The third-order valence-electron chi connectivity index (χ3n) is 2.11. The van der Waals surface area contributed by atoms with Crippen LogP contribution in [-0.2, 0) is 11.3 Å². The Bertz CT molecular complexity index is 367. The van der Waals surface area contributed by atoms with Crippen molar-refractivity contribution < 1.29 is 4.79 Å². The van der Waals surface area contributed by atoms with Crippen LogP contribution < -0.4 is 10.6 Å². The van der Waals surface area contributed by atoms with Crippen molar-refractivity contribution in [3.63, 3.8) is 0 Å². The van der Waals surface area contributed by atoms with E-state index >= 15 is 0 Å². The lowest BCUT2D eigenvalue weighted by molar-refractivity contribution is -0.118. The molecule has 1 heterocycles. The summed E-state index contributed by atoms with van der Waals surface area (Å²) in [5.41, 5.74) is 0. The number of likely N-dealkylation sites (N-methyl/N-ethyl adjacent to an activating group) is 1. The molecule has 0 aliphatic rings. The Labute approximate surface area is 111 Å². The minimum Gasteiger partial charge on any atom is -0.355 e. The van der Waals surface area contributed by atoms with Gasteiger partial charge in [-0.25, -0.2) is 4.68 Å². The van der Waals surface area contributed by atoms with E-state index in [0.717, 1.165) is 6.54 Å². The molecule has 0 saturated heterocycles. The number of tetrazole rings is 1. The number of hydrogen-bond donors (Lipinski definition) is 2. The van der Waals surface area contributed by atoms with Crippen molar-refractivity contribution in [1.82, 2.24) is 30.8 Å². The van der Waals surface area contributed by atoms with E-state index in [1.807, 2.05) is 7.05 Å². The Morgan fingerprint density at radius 3 is 2.94 bits per heavy atom. The molecule has 7 nitrogen and oxygen atoms in total. The van der Waals surface area contributed by atoms with Crippen LogP contribution in [0.3, 0.4) is 0 Å². The first-order valence-electron chi connectivity index (χ1n) is 5.93. The van der Waals surface area contributed by atoms with Gasteiger partial charge in [-0.2, -0.15) is 0 Å². The van der Waals surface area contributed by atoms with Gasteiger partial charge in [0.2, 0.25) is 11.1 Å². The predicted octanol–water partition coefficient (Wildman–Crippen LogP) is -0.243. The first-order chi connectivity index (χ1) is 8.63. The molecule has 0 fully saturated rings. The number of rotatable bonds is 8. The lowest BCUT2D eigenvalue weighted by Gasteiger charge is -2.07. The Morgan fingerprint density at radius 2 is 2.28 bits per heavy atom. The topological polar surface area (TPSA) is 84.7 Å². The Morgan fingerprint density at radius 1 is 1.50 bits per heavy atom. The molecule has 0 radical (unpaired) electrons. The average molecular weight is 272 g/mol.